The second kappa shape index (κ2) is 11.3. The molecule has 0 aliphatic carbocycles. The van der Waals surface area contributed by atoms with E-state index in [0.717, 1.165) is 12.3 Å². The molecule has 2 aromatic carbocycles. The minimum absolute atomic E-state index is 0.0367. The molecule has 0 saturated heterocycles. The lowest BCUT2D eigenvalue weighted by molar-refractivity contribution is 0.143. The second-order valence-corrected chi connectivity index (χ2v) is 12.3. The molecule has 0 aliphatic rings. The minimum atomic E-state index is -3.67. The van der Waals surface area contributed by atoms with Crippen LogP contribution in [-0.2, 0) is 23.5 Å². The highest BCUT2D eigenvalue weighted by Crippen LogP contribution is 2.40. The number of benzene rings is 2. The van der Waals surface area contributed by atoms with E-state index in [-0.39, 0.29) is 17.3 Å². The van der Waals surface area contributed by atoms with Gasteiger partial charge in [0.15, 0.2) is 5.82 Å². The second-order valence-electron chi connectivity index (χ2n) is 10.1. The zero-order chi connectivity index (χ0) is 30.3. The lowest BCUT2D eigenvalue weighted by Gasteiger charge is -2.20. The van der Waals surface area contributed by atoms with Gasteiger partial charge in [0.1, 0.15) is 22.9 Å². The minimum Gasteiger partial charge on any atom is -0.386 e. The van der Waals surface area contributed by atoms with E-state index >= 15 is 0 Å². The maximum Gasteiger partial charge on any atom is 0.231 e. The van der Waals surface area contributed by atoms with Gasteiger partial charge in [0, 0.05) is 31.3 Å². The molecule has 0 bridgehead atoms. The molecule has 1 atom stereocenters. The van der Waals surface area contributed by atoms with E-state index in [2.05, 4.69) is 27.0 Å². The molecule has 5 N–H and O–H groups in total. The predicted molar refractivity (Wildman–Crippen MR) is 157 cm³/mol. The highest BCUT2D eigenvalue weighted by molar-refractivity contribution is 7.92. The number of nitrogens with two attached hydrogens (primary N) is 1. The Hall–Kier alpha value is -3.76. The maximum atomic E-state index is 14.0. The van der Waals surface area contributed by atoms with E-state index in [9.17, 15) is 22.3 Å². The average Bonchev–Trinajstić information content (AvgIpc) is 3.16. The first-order chi connectivity index (χ1) is 19.1. The Balaban J connectivity index is 2.00. The zero-order valence-electron chi connectivity index (χ0n) is 23.0. The molecule has 4 aromatic rings. The Kier molecular flexibility index (Phi) is 8.29. The summed E-state index contributed by atoms with van der Waals surface area (Å²) in [7, 11) is -0.351. The third-order valence-corrected chi connectivity index (χ3v) is 6.93. The molecule has 41 heavy (non-hydrogen) atoms. The molecule has 9 nitrogen and oxygen atoms in total. The van der Waals surface area contributed by atoms with Gasteiger partial charge in [-0.25, -0.2) is 22.2 Å². The number of aliphatic hydroxyl groups is 1. The standard InChI is InChI=1S/C28H29ClF2N6O3S/c1-28(2,38)9-8-22-23(33-3)14-19(25(34-22)21(32)12-15-10-16(30)13-17(31)11-15)18-6-7-20(29)24-26(18)37(4)35-27(24)36-41(5,39)40/h6-7,10-11,13-14,21,33,38H,12,32H2,1-5H3,(H,35,36). The van der Waals surface area contributed by atoms with Crippen LogP contribution in [0.4, 0.5) is 20.3 Å². The molecule has 4 rings (SSSR count). The molecule has 0 radical (unpaired) electrons. The lowest BCUT2D eigenvalue weighted by atomic mass is 9.93. The van der Waals surface area contributed by atoms with Gasteiger partial charge >= 0.3 is 0 Å². The predicted octanol–water partition coefficient (Wildman–Crippen LogP) is 4.35. The molecule has 0 aliphatic heterocycles. The van der Waals surface area contributed by atoms with Crippen molar-refractivity contribution in [1.29, 1.82) is 0 Å². The molecule has 1 unspecified atom stereocenters. The molecule has 0 amide bonds. The average molecular weight is 603 g/mol. The third kappa shape index (κ3) is 6.94. The van der Waals surface area contributed by atoms with Crippen LogP contribution in [0, 0.1) is 23.5 Å². The van der Waals surface area contributed by atoms with Crippen LogP contribution in [0.1, 0.15) is 36.8 Å². The van der Waals surface area contributed by atoms with Crippen molar-refractivity contribution in [3.05, 3.63) is 70.0 Å². The van der Waals surface area contributed by atoms with Crippen molar-refractivity contribution in [3.8, 4) is 23.0 Å². The number of fused-ring (bicyclic) bond motifs is 1. The summed E-state index contributed by atoms with van der Waals surface area (Å²) in [6.45, 7) is 3.07. The van der Waals surface area contributed by atoms with Crippen LogP contribution in [0.15, 0.2) is 36.4 Å². The molecular formula is C28H29ClF2N6O3S. The fraction of sp³-hybridized carbons (Fsp3) is 0.286. The Morgan fingerprint density at radius 2 is 1.83 bits per heavy atom. The molecule has 0 fully saturated rings. The van der Waals surface area contributed by atoms with Crippen molar-refractivity contribution in [2.75, 3.05) is 23.3 Å². The zero-order valence-corrected chi connectivity index (χ0v) is 24.5. The summed E-state index contributed by atoms with van der Waals surface area (Å²) in [5.41, 5.74) is 8.42. The highest BCUT2D eigenvalue weighted by Gasteiger charge is 2.24. The number of pyridine rings is 1. The number of halogens is 3. The topological polar surface area (TPSA) is 135 Å². The van der Waals surface area contributed by atoms with Gasteiger partial charge in [0.2, 0.25) is 10.0 Å². The van der Waals surface area contributed by atoms with Crippen LogP contribution in [0.2, 0.25) is 5.02 Å². The number of anilines is 2. The van der Waals surface area contributed by atoms with E-state index in [1.807, 2.05) is 0 Å². The molecule has 2 heterocycles. The molecule has 2 aromatic heterocycles. The molecule has 0 spiro atoms. The first kappa shape index (κ1) is 30.2. The van der Waals surface area contributed by atoms with Crippen LogP contribution in [0.25, 0.3) is 22.0 Å². The van der Waals surface area contributed by atoms with E-state index in [4.69, 9.17) is 22.3 Å². The Morgan fingerprint density at radius 3 is 2.41 bits per heavy atom. The van der Waals surface area contributed by atoms with Gasteiger partial charge in [-0.2, -0.15) is 5.10 Å². The summed E-state index contributed by atoms with van der Waals surface area (Å²) in [6.07, 6.45) is 1.04. The van der Waals surface area contributed by atoms with Crippen LogP contribution in [0.3, 0.4) is 0 Å². The third-order valence-electron chi connectivity index (χ3n) is 6.05. The summed E-state index contributed by atoms with van der Waals surface area (Å²) in [4.78, 5) is 4.76. The first-order valence-electron chi connectivity index (χ1n) is 12.4. The molecule has 0 saturated carbocycles. The normalized spacial score (nSPS) is 12.6. The van der Waals surface area contributed by atoms with Gasteiger partial charge in [-0.05, 0) is 56.0 Å². The van der Waals surface area contributed by atoms with Crippen LogP contribution in [0.5, 0.6) is 0 Å². The Morgan fingerprint density at radius 1 is 1.17 bits per heavy atom. The summed E-state index contributed by atoms with van der Waals surface area (Å²) in [6, 6.07) is 7.42. The van der Waals surface area contributed by atoms with E-state index in [1.54, 1.807) is 32.3 Å². The number of aryl methyl sites for hydroxylation is 1. The number of sulfonamides is 1. The molecule has 13 heteroatoms. The number of hydrogen-bond donors (Lipinski definition) is 4. The largest absolute Gasteiger partial charge is 0.386 e. The summed E-state index contributed by atoms with van der Waals surface area (Å²) >= 11 is 6.52. The molecular weight excluding hydrogens is 574 g/mol. The quantitative estimate of drug-likeness (QED) is 0.231. The maximum absolute atomic E-state index is 14.0. The fourth-order valence-corrected chi connectivity index (χ4v) is 5.18. The van der Waals surface area contributed by atoms with Crippen molar-refractivity contribution in [2.45, 2.75) is 31.9 Å². The van der Waals surface area contributed by atoms with Crippen LogP contribution < -0.4 is 15.8 Å². The number of rotatable bonds is 7. The summed E-state index contributed by atoms with van der Waals surface area (Å²) < 4.78 is 55.8. The van der Waals surface area contributed by atoms with Crippen LogP contribution >= 0.6 is 11.6 Å². The Labute approximate surface area is 241 Å². The van der Waals surface area contributed by atoms with Gasteiger partial charge in [0.05, 0.1) is 39.6 Å². The number of nitrogens with zero attached hydrogens (tertiary/aromatic N) is 3. The van der Waals surface area contributed by atoms with E-state index in [0.29, 0.717) is 44.7 Å². The van der Waals surface area contributed by atoms with Gasteiger partial charge in [0.25, 0.3) is 0 Å². The van der Waals surface area contributed by atoms with Crippen molar-refractivity contribution >= 4 is 44.0 Å². The highest BCUT2D eigenvalue weighted by atomic mass is 35.5. The number of aromatic nitrogens is 3. The van der Waals surface area contributed by atoms with Crippen LogP contribution in [-0.4, -0.2) is 47.2 Å². The molecule has 216 valence electrons. The van der Waals surface area contributed by atoms with Crippen molar-refractivity contribution < 1.29 is 22.3 Å². The van der Waals surface area contributed by atoms with Crippen molar-refractivity contribution in [2.24, 2.45) is 12.8 Å². The van der Waals surface area contributed by atoms with E-state index in [1.165, 1.54) is 30.7 Å². The summed E-state index contributed by atoms with van der Waals surface area (Å²) in [5.74, 6) is 4.21. The van der Waals surface area contributed by atoms with Crippen molar-refractivity contribution in [3.63, 3.8) is 0 Å². The smallest absolute Gasteiger partial charge is 0.231 e. The first-order valence-corrected chi connectivity index (χ1v) is 14.7. The number of nitrogens with one attached hydrogen (secondary N) is 2. The van der Waals surface area contributed by atoms with Crippen molar-refractivity contribution in [1.82, 2.24) is 14.8 Å². The van der Waals surface area contributed by atoms with Gasteiger partial charge in [-0.1, -0.05) is 23.6 Å². The number of hydrogen-bond acceptors (Lipinski definition) is 7. The van der Waals surface area contributed by atoms with Gasteiger partial charge < -0.3 is 16.2 Å². The Bertz CT molecular complexity index is 1800. The fourth-order valence-electron chi connectivity index (χ4n) is 4.45. The SMILES string of the molecule is CNc1cc(-c2ccc(Cl)c3c(NS(C)(=O)=O)nn(C)c23)c(C(N)Cc2cc(F)cc(F)c2)nc1C#CC(C)(C)O. The lowest BCUT2D eigenvalue weighted by Crippen LogP contribution is -2.18. The van der Waals surface area contributed by atoms with Gasteiger partial charge in [-0.3, -0.25) is 9.40 Å². The monoisotopic (exact) mass is 602 g/mol. The summed E-state index contributed by atoms with van der Waals surface area (Å²) in [5, 5.41) is 18.2. The van der Waals surface area contributed by atoms with Gasteiger partial charge in [-0.15, -0.1) is 0 Å². The van der Waals surface area contributed by atoms with E-state index < -0.39 is 33.3 Å².